The van der Waals surface area contributed by atoms with Crippen LogP contribution in [0.1, 0.15) is 19.3 Å². The molecule has 0 amide bonds. The molecule has 0 saturated heterocycles. The number of hydrogen-bond acceptors (Lipinski definition) is 4. The standard InChI is InChI=1S/C7H18N2O2/c8-7(9)3-6-11-5-2-1-4-10/h7,10H,1-6,8-9H2. The number of ether oxygens (including phenoxy) is 1. The molecule has 5 N–H and O–H groups in total. The molecular formula is C7H18N2O2. The first kappa shape index (κ1) is 10.8. The molecule has 0 aromatic rings. The van der Waals surface area contributed by atoms with Gasteiger partial charge in [0, 0.05) is 19.8 Å². The second kappa shape index (κ2) is 7.94. The average molecular weight is 162 g/mol. The van der Waals surface area contributed by atoms with Crippen LogP contribution in [0.15, 0.2) is 0 Å². The molecule has 0 aromatic carbocycles. The van der Waals surface area contributed by atoms with Gasteiger partial charge in [0.15, 0.2) is 0 Å². The monoisotopic (exact) mass is 162 g/mol. The topological polar surface area (TPSA) is 81.5 Å². The molecule has 0 aliphatic heterocycles. The molecule has 0 radical (unpaired) electrons. The van der Waals surface area contributed by atoms with E-state index in [1.54, 1.807) is 0 Å². The van der Waals surface area contributed by atoms with Gasteiger partial charge in [0.1, 0.15) is 0 Å². The van der Waals surface area contributed by atoms with Gasteiger partial charge in [-0.1, -0.05) is 0 Å². The normalized spacial score (nSPS) is 10.9. The summed E-state index contributed by atoms with van der Waals surface area (Å²) in [5.41, 5.74) is 10.6. The van der Waals surface area contributed by atoms with Crippen LogP contribution in [0.3, 0.4) is 0 Å². The van der Waals surface area contributed by atoms with Crippen LogP contribution in [0, 0.1) is 0 Å². The lowest BCUT2D eigenvalue weighted by atomic mass is 10.3. The Bertz CT molecular complexity index is 78.8. The Kier molecular flexibility index (Phi) is 7.83. The van der Waals surface area contributed by atoms with Crippen molar-refractivity contribution in [1.29, 1.82) is 0 Å². The van der Waals surface area contributed by atoms with Gasteiger partial charge in [-0.3, -0.25) is 0 Å². The summed E-state index contributed by atoms with van der Waals surface area (Å²) in [7, 11) is 0. The van der Waals surface area contributed by atoms with E-state index in [-0.39, 0.29) is 12.8 Å². The minimum Gasteiger partial charge on any atom is -0.396 e. The Morgan fingerprint density at radius 1 is 1.18 bits per heavy atom. The van der Waals surface area contributed by atoms with Crippen molar-refractivity contribution in [2.24, 2.45) is 11.5 Å². The highest BCUT2D eigenvalue weighted by molar-refractivity contribution is 4.48. The van der Waals surface area contributed by atoms with E-state index in [0.29, 0.717) is 19.6 Å². The van der Waals surface area contributed by atoms with Crippen LogP contribution < -0.4 is 11.5 Å². The highest BCUT2D eigenvalue weighted by Gasteiger charge is 1.93. The van der Waals surface area contributed by atoms with Crippen molar-refractivity contribution in [3.63, 3.8) is 0 Å². The molecule has 0 spiro atoms. The SMILES string of the molecule is NC(N)CCOCCCCO. The Hall–Kier alpha value is -0.160. The summed E-state index contributed by atoms with van der Waals surface area (Å²) in [4.78, 5) is 0. The molecule has 0 bridgehead atoms. The summed E-state index contributed by atoms with van der Waals surface area (Å²) in [6.07, 6.45) is 2.12. The molecule has 0 aliphatic rings. The summed E-state index contributed by atoms with van der Waals surface area (Å²) >= 11 is 0. The van der Waals surface area contributed by atoms with Crippen LogP contribution >= 0.6 is 0 Å². The molecule has 0 aromatic heterocycles. The van der Waals surface area contributed by atoms with Crippen molar-refractivity contribution in [2.45, 2.75) is 25.4 Å². The molecular weight excluding hydrogens is 144 g/mol. The average Bonchev–Trinajstić information content (AvgIpc) is 1.96. The van der Waals surface area contributed by atoms with Crippen LogP contribution in [-0.2, 0) is 4.74 Å². The van der Waals surface area contributed by atoms with Crippen molar-refractivity contribution in [2.75, 3.05) is 19.8 Å². The van der Waals surface area contributed by atoms with Gasteiger partial charge in [-0.2, -0.15) is 0 Å². The molecule has 4 heteroatoms. The Morgan fingerprint density at radius 2 is 1.91 bits per heavy atom. The van der Waals surface area contributed by atoms with Crippen molar-refractivity contribution in [1.82, 2.24) is 0 Å². The highest BCUT2D eigenvalue weighted by Crippen LogP contribution is 1.90. The third-order valence-corrected chi connectivity index (χ3v) is 1.29. The van der Waals surface area contributed by atoms with Crippen molar-refractivity contribution >= 4 is 0 Å². The number of rotatable bonds is 7. The number of nitrogens with two attached hydrogens (primary N) is 2. The van der Waals surface area contributed by atoms with Gasteiger partial charge in [0.2, 0.25) is 0 Å². The van der Waals surface area contributed by atoms with Crippen molar-refractivity contribution in [3.05, 3.63) is 0 Å². The van der Waals surface area contributed by atoms with Gasteiger partial charge in [-0.25, -0.2) is 0 Å². The fourth-order valence-corrected chi connectivity index (χ4v) is 0.637. The fraction of sp³-hybridized carbons (Fsp3) is 1.00. The molecule has 4 nitrogen and oxygen atoms in total. The predicted octanol–water partition coefficient (Wildman–Crippen LogP) is -0.591. The van der Waals surface area contributed by atoms with Gasteiger partial charge in [0.05, 0.1) is 6.17 Å². The van der Waals surface area contributed by atoms with E-state index >= 15 is 0 Å². The summed E-state index contributed by atoms with van der Waals surface area (Å²) < 4.78 is 5.18. The summed E-state index contributed by atoms with van der Waals surface area (Å²) in [6.45, 7) is 1.54. The van der Waals surface area contributed by atoms with Gasteiger partial charge in [-0.15, -0.1) is 0 Å². The maximum absolute atomic E-state index is 8.42. The summed E-state index contributed by atoms with van der Waals surface area (Å²) in [5, 5.41) is 8.42. The third-order valence-electron chi connectivity index (χ3n) is 1.29. The molecule has 68 valence electrons. The van der Waals surface area contributed by atoms with Crippen molar-refractivity contribution in [3.8, 4) is 0 Å². The fourth-order valence-electron chi connectivity index (χ4n) is 0.637. The molecule has 0 aliphatic carbocycles. The maximum Gasteiger partial charge on any atom is 0.0543 e. The smallest absolute Gasteiger partial charge is 0.0543 e. The lowest BCUT2D eigenvalue weighted by Crippen LogP contribution is -2.31. The van der Waals surface area contributed by atoms with E-state index in [4.69, 9.17) is 21.3 Å². The molecule has 0 unspecified atom stereocenters. The maximum atomic E-state index is 8.42. The second-order valence-corrected chi connectivity index (χ2v) is 2.50. The molecule has 11 heavy (non-hydrogen) atoms. The second-order valence-electron chi connectivity index (χ2n) is 2.50. The van der Waals surface area contributed by atoms with Crippen LogP contribution in [0.4, 0.5) is 0 Å². The minimum atomic E-state index is -0.271. The zero-order chi connectivity index (χ0) is 8.53. The first-order valence-electron chi connectivity index (χ1n) is 3.97. The highest BCUT2D eigenvalue weighted by atomic mass is 16.5. The predicted molar refractivity (Wildman–Crippen MR) is 43.9 cm³/mol. The number of hydrogen-bond donors (Lipinski definition) is 3. The Morgan fingerprint density at radius 3 is 2.45 bits per heavy atom. The Balaban J connectivity index is 2.80. The summed E-state index contributed by atoms with van der Waals surface area (Å²) in [5.74, 6) is 0. The van der Waals surface area contributed by atoms with Gasteiger partial charge >= 0.3 is 0 Å². The number of aliphatic hydroxyl groups excluding tert-OH is 1. The lowest BCUT2D eigenvalue weighted by molar-refractivity contribution is 0.119. The van der Waals surface area contributed by atoms with E-state index in [2.05, 4.69) is 0 Å². The molecule has 0 atom stereocenters. The van der Waals surface area contributed by atoms with Gasteiger partial charge in [0.25, 0.3) is 0 Å². The zero-order valence-corrected chi connectivity index (χ0v) is 6.83. The lowest BCUT2D eigenvalue weighted by Gasteiger charge is -2.05. The van der Waals surface area contributed by atoms with E-state index in [1.165, 1.54) is 0 Å². The minimum absolute atomic E-state index is 0.236. The van der Waals surface area contributed by atoms with E-state index < -0.39 is 0 Å². The van der Waals surface area contributed by atoms with Crippen LogP contribution in [0.2, 0.25) is 0 Å². The van der Waals surface area contributed by atoms with Crippen LogP contribution in [0.5, 0.6) is 0 Å². The number of aliphatic hydroxyl groups is 1. The number of unbranched alkanes of at least 4 members (excludes halogenated alkanes) is 1. The molecule has 0 fully saturated rings. The first-order valence-corrected chi connectivity index (χ1v) is 3.97. The molecule has 0 heterocycles. The van der Waals surface area contributed by atoms with Gasteiger partial charge in [-0.05, 0) is 19.3 Å². The van der Waals surface area contributed by atoms with Crippen LogP contribution in [-0.4, -0.2) is 31.1 Å². The Labute approximate surface area is 67.5 Å². The quantitative estimate of drug-likeness (QED) is 0.345. The van der Waals surface area contributed by atoms with Gasteiger partial charge < -0.3 is 21.3 Å². The summed E-state index contributed by atoms with van der Waals surface area (Å²) in [6, 6.07) is 0. The van der Waals surface area contributed by atoms with E-state index in [9.17, 15) is 0 Å². The largest absolute Gasteiger partial charge is 0.396 e. The first-order chi connectivity index (χ1) is 5.27. The molecule has 0 saturated carbocycles. The molecule has 0 rings (SSSR count). The third kappa shape index (κ3) is 9.84. The van der Waals surface area contributed by atoms with Crippen molar-refractivity contribution < 1.29 is 9.84 Å². The van der Waals surface area contributed by atoms with E-state index in [0.717, 1.165) is 12.8 Å². The zero-order valence-electron chi connectivity index (χ0n) is 6.83. The van der Waals surface area contributed by atoms with E-state index in [1.807, 2.05) is 0 Å². The van der Waals surface area contributed by atoms with Crippen LogP contribution in [0.25, 0.3) is 0 Å².